The van der Waals surface area contributed by atoms with Crippen LogP contribution in [0.5, 0.6) is 0 Å². The molecule has 0 atom stereocenters. The lowest BCUT2D eigenvalue weighted by Crippen LogP contribution is -2.13. The standard InChI is InChI=1S/C60H37NO2S/c1-5-17-38(18-6-1)42-31-32-47-54(37-42)64-60-45(41-23-11-4-12-24-41)33-35-50(56(47)60)61(49-28-16-30-52-55(49)46-25-13-14-29-51(46)62-52)58-43(39-19-7-2-8-20-39)34-36-53-57(58)48-27-15-26-44(59(48)63-53)40-21-9-3-10-22-40/h1-37H. The van der Waals surface area contributed by atoms with Crippen LogP contribution in [0.1, 0.15) is 0 Å². The second kappa shape index (κ2) is 14.7. The van der Waals surface area contributed by atoms with Crippen LogP contribution in [0.4, 0.5) is 17.1 Å². The van der Waals surface area contributed by atoms with Gasteiger partial charge in [-0.05, 0) is 75.8 Å². The number of nitrogens with zero attached hydrogens (tertiary/aromatic N) is 1. The van der Waals surface area contributed by atoms with Crippen LogP contribution in [0.3, 0.4) is 0 Å². The Morgan fingerprint density at radius 2 is 0.906 bits per heavy atom. The van der Waals surface area contributed by atoms with E-state index in [2.05, 4.69) is 223 Å². The van der Waals surface area contributed by atoms with Gasteiger partial charge in [0.2, 0.25) is 0 Å². The second-order valence-corrected chi connectivity index (χ2v) is 17.4. The van der Waals surface area contributed by atoms with E-state index in [1.165, 1.54) is 42.4 Å². The Hall–Kier alpha value is -8.18. The maximum atomic E-state index is 7.07. The van der Waals surface area contributed by atoms with Gasteiger partial charge in [0, 0.05) is 42.1 Å². The van der Waals surface area contributed by atoms with Gasteiger partial charge in [-0.3, -0.25) is 0 Å². The van der Waals surface area contributed by atoms with Crippen molar-refractivity contribution in [2.24, 2.45) is 0 Å². The number of fused-ring (bicyclic) bond motifs is 9. The highest BCUT2D eigenvalue weighted by Crippen LogP contribution is 2.55. The zero-order valence-corrected chi connectivity index (χ0v) is 35.4. The molecule has 4 heteroatoms. The van der Waals surface area contributed by atoms with Gasteiger partial charge < -0.3 is 13.7 Å². The summed E-state index contributed by atoms with van der Waals surface area (Å²) >= 11 is 1.87. The molecule has 0 saturated carbocycles. The van der Waals surface area contributed by atoms with Gasteiger partial charge in [-0.15, -0.1) is 11.3 Å². The first kappa shape index (κ1) is 36.5. The van der Waals surface area contributed by atoms with Crippen LogP contribution >= 0.6 is 11.3 Å². The molecule has 0 saturated heterocycles. The lowest BCUT2D eigenvalue weighted by molar-refractivity contribution is 0.669. The van der Waals surface area contributed by atoms with Gasteiger partial charge in [0.05, 0.1) is 27.8 Å². The maximum Gasteiger partial charge on any atom is 0.143 e. The third-order valence-electron chi connectivity index (χ3n) is 12.7. The number of furan rings is 2. The number of hydrogen-bond acceptors (Lipinski definition) is 4. The fourth-order valence-electron chi connectivity index (χ4n) is 9.82. The van der Waals surface area contributed by atoms with Gasteiger partial charge in [0.25, 0.3) is 0 Å². The summed E-state index contributed by atoms with van der Waals surface area (Å²) in [5, 5.41) is 6.62. The van der Waals surface area contributed by atoms with E-state index in [0.717, 1.165) is 83.2 Å². The predicted octanol–water partition coefficient (Wildman–Crippen LogP) is 18.0. The van der Waals surface area contributed by atoms with E-state index in [1.54, 1.807) is 0 Å². The monoisotopic (exact) mass is 835 g/mol. The number of benzene rings is 10. The highest BCUT2D eigenvalue weighted by molar-refractivity contribution is 7.26. The molecule has 13 aromatic rings. The van der Waals surface area contributed by atoms with Gasteiger partial charge in [0.15, 0.2) is 0 Å². The fourth-order valence-corrected chi connectivity index (χ4v) is 11.1. The maximum absolute atomic E-state index is 7.07. The molecule has 0 amide bonds. The van der Waals surface area contributed by atoms with Crippen molar-refractivity contribution >= 4 is 92.4 Å². The molecule has 300 valence electrons. The predicted molar refractivity (Wildman–Crippen MR) is 270 cm³/mol. The van der Waals surface area contributed by atoms with Gasteiger partial charge in [-0.25, -0.2) is 0 Å². The summed E-state index contributed by atoms with van der Waals surface area (Å²) in [6.45, 7) is 0. The average Bonchev–Trinajstić information content (AvgIpc) is 4.07. The van der Waals surface area contributed by atoms with Crippen LogP contribution in [0, 0.1) is 0 Å². The largest absolute Gasteiger partial charge is 0.456 e. The zero-order chi connectivity index (χ0) is 42.1. The highest BCUT2D eigenvalue weighted by atomic mass is 32.1. The van der Waals surface area contributed by atoms with Gasteiger partial charge in [-0.1, -0.05) is 182 Å². The van der Waals surface area contributed by atoms with Gasteiger partial charge in [-0.2, -0.15) is 0 Å². The zero-order valence-electron chi connectivity index (χ0n) is 34.5. The minimum Gasteiger partial charge on any atom is -0.456 e. The number of anilines is 3. The molecule has 10 aromatic carbocycles. The van der Waals surface area contributed by atoms with Crippen LogP contribution in [0.15, 0.2) is 233 Å². The van der Waals surface area contributed by atoms with Crippen molar-refractivity contribution in [2.75, 3.05) is 4.90 Å². The third kappa shape index (κ3) is 5.73. The van der Waals surface area contributed by atoms with Crippen molar-refractivity contribution in [3.63, 3.8) is 0 Å². The molecule has 0 unspecified atom stereocenters. The molecule has 3 aromatic heterocycles. The summed E-state index contributed by atoms with van der Waals surface area (Å²) in [7, 11) is 0. The molecule has 0 aliphatic carbocycles. The Morgan fingerprint density at radius 1 is 0.328 bits per heavy atom. The number of thiophene rings is 1. The van der Waals surface area contributed by atoms with E-state index < -0.39 is 0 Å². The number of hydrogen-bond donors (Lipinski definition) is 0. The Labute approximate surface area is 373 Å². The SMILES string of the molecule is c1ccc(-c2ccc3c(c2)sc2c(-c4ccccc4)ccc(N(c4cccc5oc6ccccc6c45)c4c(-c5ccccc5)ccc5oc6c(-c7ccccc7)cccc6c45)c23)cc1. The third-order valence-corrected chi connectivity index (χ3v) is 13.9. The normalized spacial score (nSPS) is 11.8. The first-order valence-corrected chi connectivity index (χ1v) is 22.5. The highest BCUT2D eigenvalue weighted by Gasteiger charge is 2.29. The molecule has 13 rings (SSSR count). The topological polar surface area (TPSA) is 29.5 Å². The van der Waals surface area contributed by atoms with Gasteiger partial charge >= 0.3 is 0 Å². The van der Waals surface area contributed by atoms with E-state index in [-0.39, 0.29) is 0 Å². The number of rotatable bonds is 7. The smallest absolute Gasteiger partial charge is 0.143 e. The molecule has 0 bridgehead atoms. The quantitative estimate of drug-likeness (QED) is 0.160. The van der Waals surface area contributed by atoms with E-state index in [1.807, 2.05) is 17.4 Å². The summed E-state index contributed by atoms with van der Waals surface area (Å²) in [5.41, 5.74) is 15.7. The van der Waals surface area contributed by atoms with Crippen LogP contribution in [-0.2, 0) is 0 Å². The van der Waals surface area contributed by atoms with Crippen LogP contribution in [0.25, 0.3) is 109 Å². The molecule has 0 N–H and O–H groups in total. The Morgan fingerprint density at radius 3 is 1.66 bits per heavy atom. The fraction of sp³-hybridized carbons (Fsp3) is 0. The minimum absolute atomic E-state index is 0.821. The Balaban J connectivity index is 1.21. The van der Waals surface area contributed by atoms with Crippen molar-refractivity contribution in [2.45, 2.75) is 0 Å². The average molecular weight is 836 g/mol. The molecule has 0 fully saturated rings. The number of para-hydroxylation sites is 2. The molecule has 3 heterocycles. The van der Waals surface area contributed by atoms with Crippen molar-refractivity contribution in [1.29, 1.82) is 0 Å². The second-order valence-electron chi connectivity index (χ2n) is 16.3. The van der Waals surface area contributed by atoms with E-state index >= 15 is 0 Å². The van der Waals surface area contributed by atoms with Crippen molar-refractivity contribution in [1.82, 2.24) is 0 Å². The molecule has 0 aliphatic rings. The molecule has 0 spiro atoms. The molecular formula is C60H37NO2S. The van der Waals surface area contributed by atoms with Crippen molar-refractivity contribution in [3.05, 3.63) is 224 Å². The lowest BCUT2D eigenvalue weighted by atomic mass is 9.94. The van der Waals surface area contributed by atoms with Crippen LogP contribution < -0.4 is 4.90 Å². The van der Waals surface area contributed by atoms with Crippen molar-refractivity contribution < 1.29 is 8.83 Å². The first-order chi connectivity index (χ1) is 31.8. The molecule has 0 radical (unpaired) electrons. The van der Waals surface area contributed by atoms with Gasteiger partial charge in [0.1, 0.15) is 22.3 Å². The summed E-state index contributed by atoms with van der Waals surface area (Å²) in [5.74, 6) is 0. The molecular weight excluding hydrogens is 799 g/mol. The summed E-state index contributed by atoms with van der Waals surface area (Å²) in [6.07, 6.45) is 0. The van der Waals surface area contributed by atoms with Crippen molar-refractivity contribution in [3.8, 4) is 44.5 Å². The summed E-state index contributed by atoms with van der Waals surface area (Å²) in [4.78, 5) is 2.52. The van der Waals surface area contributed by atoms with E-state index in [0.29, 0.717) is 0 Å². The molecule has 0 aliphatic heterocycles. The summed E-state index contributed by atoms with van der Waals surface area (Å²) in [6, 6.07) is 80.3. The minimum atomic E-state index is 0.821. The first-order valence-electron chi connectivity index (χ1n) is 21.7. The molecule has 64 heavy (non-hydrogen) atoms. The van der Waals surface area contributed by atoms with Crippen LogP contribution in [-0.4, -0.2) is 0 Å². The Kier molecular flexibility index (Phi) is 8.40. The van der Waals surface area contributed by atoms with E-state index in [4.69, 9.17) is 8.83 Å². The molecule has 3 nitrogen and oxygen atoms in total. The Bertz CT molecular complexity index is 3890. The van der Waals surface area contributed by atoms with Crippen LogP contribution in [0.2, 0.25) is 0 Å². The van der Waals surface area contributed by atoms with E-state index in [9.17, 15) is 0 Å². The lowest BCUT2D eigenvalue weighted by Gasteiger charge is -2.30. The summed E-state index contributed by atoms with van der Waals surface area (Å²) < 4.78 is 16.2.